The molecule has 6 heteroatoms. The molecular weight excluding hydrogens is 348 g/mol. The summed E-state index contributed by atoms with van der Waals surface area (Å²) >= 11 is 0. The van der Waals surface area contributed by atoms with Crippen LogP contribution in [-0.4, -0.2) is 18.0 Å². The quantitative estimate of drug-likeness (QED) is 0.550. The third-order valence-corrected chi connectivity index (χ3v) is 4.67. The summed E-state index contributed by atoms with van der Waals surface area (Å²) in [6.07, 6.45) is 0. The molecular formula is C20H18N2O3S. The van der Waals surface area contributed by atoms with Crippen LogP contribution in [0.5, 0.6) is 0 Å². The molecule has 0 amide bonds. The van der Waals surface area contributed by atoms with E-state index < -0.39 is 10.1 Å². The Balaban J connectivity index is 0.000000160. The Hall–Kier alpha value is -2.96. The molecule has 4 rings (SSSR count). The third-order valence-electron chi connectivity index (χ3n) is 3.82. The fraction of sp³-hybridized carbons (Fsp3) is 0.0500. The van der Waals surface area contributed by atoms with Crippen molar-refractivity contribution in [1.29, 1.82) is 0 Å². The van der Waals surface area contributed by atoms with Gasteiger partial charge in [0.25, 0.3) is 5.82 Å². The van der Waals surface area contributed by atoms with Gasteiger partial charge in [0.05, 0.1) is 10.5 Å². The Morgan fingerprint density at radius 3 is 2.08 bits per heavy atom. The topological polar surface area (TPSA) is 87.1 Å². The van der Waals surface area contributed by atoms with E-state index >= 15 is 0 Å². The summed E-state index contributed by atoms with van der Waals surface area (Å²) in [5, 5.41) is 0. The molecule has 3 aromatic carbocycles. The number of para-hydroxylation sites is 2. The molecule has 132 valence electrons. The Morgan fingerprint density at radius 1 is 0.846 bits per heavy atom. The SMILES string of the molecule is Cc1ccc(S(=O)(=O)[O-])cc1.c1ccc(-c2[nH]c3ccccc3[nH+]2)cc1. The van der Waals surface area contributed by atoms with Crippen LogP contribution in [0.4, 0.5) is 0 Å². The lowest BCUT2D eigenvalue weighted by molar-refractivity contribution is -0.330. The van der Waals surface area contributed by atoms with E-state index in [9.17, 15) is 13.0 Å². The van der Waals surface area contributed by atoms with Crippen LogP contribution in [0.25, 0.3) is 22.4 Å². The smallest absolute Gasteiger partial charge is 0.285 e. The molecule has 2 N–H and O–H groups in total. The number of nitrogens with one attached hydrogen (secondary N) is 2. The monoisotopic (exact) mass is 366 g/mol. The molecule has 1 aromatic heterocycles. The van der Waals surface area contributed by atoms with E-state index in [1.54, 1.807) is 12.1 Å². The fourth-order valence-corrected chi connectivity index (χ4v) is 2.93. The highest BCUT2D eigenvalue weighted by molar-refractivity contribution is 7.85. The molecule has 0 fully saturated rings. The van der Waals surface area contributed by atoms with Gasteiger partial charge in [-0.1, -0.05) is 48.0 Å². The largest absolute Gasteiger partial charge is 0.744 e. The molecule has 0 atom stereocenters. The van der Waals surface area contributed by atoms with Crippen molar-refractivity contribution in [1.82, 2.24) is 4.98 Å². The van der Waals surface area contributed by atoms with Crippen LogP contribution in [0, 0.1) is 6.92 Å². The van der Waals surface area contributed by atoms with Gasteiger partial charge >= 0.3 is 0 Å². The lowest BCUT2D eigenvalue weighted by Crippen LogP contribution is -2.01. The third kappa shape index (κ3) is 4.36. The van der Waals surface area contributed by atoms with Gasteiger partial charge in [0.15, 0.2) is 11.0 Å². The molecule has 1 heterocycles. The first-order valence-electron chi connectivity index (χ1n) is 8.01. The zero-order valence-electron chi connectivity index (χ0n) is 14.1. The maximum absolute atomic E-state index is 10.4. The van der Waals surface area contributed by atoms with Crippen LogP contribution in [0.2, 0.25) is 0 Å². The number of hydrogen-bond acceptors (Lipinski definition) is 3. The number of aryl methyl sites for hydroxylation is 1. The van der Waals surface area contributed by atoms with E-state index in [1.807, 2.05) is 37.3 Å². The summed E-state index contributed by atoms with van der Waals surface area (Å²) in [6, 6.07) is 24.2. The minimum atomic E-state index is -4.27. The van der Waals surface area contributed by atoms with Crippen molar-refractivity contribution in [3.63, 3.8) is 0 Å². The Labute approximate surface area is 152 Å². The zero-order chi connectivity index (χ0) is 18.6. The van der Waals surface area contributed by atoms with Crippen LogP contribution >= 0.6 is 0 Å². The number of H-pyrrole nitrogens is 2. The second-order valence-electron chi connectivity index (χ2n) is 5.80. The number of imidazole rings is 1. The lowest BCUT2D eigenvalue weighted by atomic mass is 10.2. The molecule has 0 saturated heterocycles. The molecule has 0 unspecified atom stereocenters. The van der Waals surface area contributed by atoms with Crippen molar-refractivity contribution in [2.24, 2.45) is 0 Å². The molecule has 4 aromatic rings. The van der Waals surface area contributed by atoms with Gasteiger partial charge in [-0.25, -0.2) is 18.4 Å². The molecule has 0 spiro atoms. The number of rotatable bonds is 2. The summed E-state index contributed by atoms with van der Waals surface area (Å²) < 4.78 is 31.2. The van der Waals surface area contributed by atoms with Crippen molar-refractivity contribution in [2.75, 3.05) is 0 Å². The van der Waals surface area contributed by atoms with Crippen LogP contribution in [0.1, 0.15) is 5.56 Å². The lowest BCUT2D eigenvalue weighted by Gasteiger charge is -2.05. The van der Waals surface area contributed by atoms with Gasteiger partial charge in [0, 0.05) is 0 Å². The molecule has 26 heavy (non-hydrogen) atoms. The molecule has 5 nitrogen and oxygen atoms in total. The highest BCUT2D eigenvalue weighted by atomic mass is 32.2. The minimum Gasteiger partial charge on any atom is -0.744 e. The highest BCUT2D eigenvalue weighted by Crippen LogP contribution is 2.15. The molecule has 0 aliphatic rings. The van der Waals surface area contributed by atoms with Crippen LogP contribution in [0.3, 0.4) is 0 Å². The van der Waals surface area contributed by atoms with Gasteiger partial charge in [-0.3, -0.25) is 0 Å². The van der Waals surface area contributed by atoms with Crippen molar-refractivity contribution in [3.05, 3.63) is 84.4 Å². The van der Waals surface area contributed by atoms with Gasteiger partial charge < -0.3 is 4.55 Å². The van der Waals surface area contributed by atoms with Crippen molar-refractivity contribution in [2.45, 2.75) is 11.8 Å². The number of fused-ring (bicyclic) bond motifs is 1. The molecule has 0 radical (unpaired) electrons. The summed E-state index contributed by atoms with van der Waals surface area (Å²) in [5.74, 6) is 1.05. The van der Waals surface area contributed by atoms with Crippen molar-refractivity contribution >= 4 is 21.2 Å². The first kappa shape index (κ1) is 17.8. The molecule has 0 aliphatic heterocycles. The minimum absolute atomic E-state index is 0.178. The second-order valence-corrected chi connectivity index (χ2v) is 7.18. The first-order valence-corrected chi connectivity index (χ1v) is 9.42. The van der Waals surface area contributed by atoms with Crippen LogP contribution in [0.15, 0.2) is 83.8 Å². The summed E-state index contributed by atoms with van der Waals surface area (Å²) in [6.45, 7) is 1.82. The van der Waals surface area contributed by atoms with Crippen LogP contribution < -0.4 is 4.98 Å². The zero-order valence-corrected chi connectivity index (χ0v) is 15.0. The van der Waals surface area contributed by atoms with Gasteiger partial charge in [0.2, 0.25) is 0 Å². The van der Waals surface area contributed by atoms with Gasteiger partial charge in [-0.05, 0) is 43.3 Å². The van der Waals surface area contributed by atoms with E-state index in [1.165, 1.54) is 17.7 Å². The Kier molecular flexibility index (Phi) is 5.16. The van der Waals surface area contributed by atoms with Gasteiger partial charge in [-0.2, -0.15) is 0 Å². The maximum atomic E-state index is 10.4. The molecule has 0 saturated carbocycles. The normalized spacial score (nSPS) is 11.0. The predicted molar refractivity (Wildman–Crippen MR) is 99.4 cm³/mol. The average molecular weight is 366 g/mol. The summed E-state index contributed by atoms with van der Waals surface area (Å²) in [7, 11) is -4.27. The second kappa shape index (κ2) is 7.51. The van der Waals surface area contributed by atoms with E-state index in [4.69, 9.17) is 0 Å². The molecule has 0 bridgehead atoms. The number of aromatic nitrogens is 2. The highest BCUT2D eigenvalue weighted by Gasteiger charge is 2.10. The number of hydrogen-bond donors (Lipinski definition) is 1. The average Bonchev–Trinajstić information content (AvgIpc) is 3.07. The Bertz CT molecular complexity index is 1070. The predicted octanol–water partition coefficient (Wildman–Crippen LogP) is 3.55. The summed E-state index contributed by atoms with van der Waals surface area (Å²) in [5.41, 5.74) is 4.37. The number of aromatic amines is 2. The standard InChI is InChI=1S/C13H10N2.C7H8O3S/c1-2-6-10(7-3-1)13-14-11-8-4-5-9-12(11)15-13;1-6-2-4-7(5-3-6)11(8,9)10/h1-9H,(H,14,15);2-5H,1H3,(H,8,9,10). The van der Waals surface area contributed by atoms with E-state index in [0.29, 0.717) is 0 Å². The fourth-order valence-electron chi connectivity index (χ4n) is 2.46. The van der Waals surface area contributed by atoms with Crippen molar-refractivity contribution < 1.29 is 18.0 Å². The number of benzene rings is 3. The van der Waals surface area contributed by atoms with Gasteiger partial charge in [0.1, 0.15) is 10.1 Å². The van der Waals surface area contributed by atoms with E-state index in [-0.39, 0.29) is 4.90 Å². The Morgan fingerprint density at radius 2 is 1.46 bits per heavy atom. The van der Waals surface area contributed by atoms with E-state index in [2.05, 4.69) is 34.2 Å². The van der Waals surface area contributed by atoms with Crippen LogP contribution in [-0.2, 0) is 10.1 Å². The molecule has 0 aliphatic carbocycles. The first-order chi connectivity index (χ1) is 12.4. The maximum Gasteiger partial charge on any atom is 0.285 e. The van der Waals surface area contributed by atoms with E-state index in [0.717, 1.165) is 22.4 Å². The van der Waals surface area contributed by atoms with Crippen molar-refractivity contribution in [3.8, 4) is 11.4 Å². The summed E-state index contributed by atoms with van der Waals surface area (Å²) in [4.78, 5) is 6.53. The van der Waals surface area contributed by atoms with Gasteiger partial charge in [-0.15, -0.1) is 0 Å².